The van der Waals surface area contributed by atoms with Crippen molar-refractivity contribution in [2.45, 2.75) is 20.3 Å². The molecule has 1 aromatic heterocycles. The molecule has 0 radical (unpaired) electrons. The molecule has 2 N–H and O–H groups in total. The van der Waals surface area contributed by atoms with Gasteiger partial charge in [0.2, 0.25) is 0 Å². The van der Waals surface area contributed by atoms with E-state index >= 15 is 0 Å². The first-order chi connectivity index (χ1) is 8.11. The lowest BCUT2D eigenvalue weighted by molar-refractivity contribution is 0.813. The Bertz CT molecular complexity index is 531. The molecule has 3 nitrogen and oxygen atoms in total. The maximum absolute atomic E-state index is 5.66. The summed E-state index contributed by atoms with van der Waals surface area (Å²) >= 11 is 3.49. The summed E-state index contributed by atoms with van der Waals surface area (Å²) in [5.41, 5.74) is 10.2. The molecule has 0 aliphatic heterocycles. The summed E-state index contributed by atoms with van der Waals surface area (Å²) in [5.74, 6) is 0. The molecule has 0 spiro atoms. The zero-order valence-electron chi connectivity index (χ0n) is 10.1. The molecule has 4 heteroatoms. The molecule has 90 valence electrons. The fourth-order valence-electron chi connectivity index (χ4n) is 1.99. The van der Waals surface area contributed by atoms with Gasteiger partial charge in [0.25, 0.3) is 0 Å². The molecule has 17 heavy (non-hydrogen) atoms. The predicted octanol–water partition coefficient (Wildman–Crippen LogP) is 2.75. The summed E-state index contributed by atoms with van der Waals surface area (Å²) in [5, 5.41) is 4.51. The van der Waals surface area contributed by atoms with Crippen LogP contribution in [0, 0.1) is 13.8 Å². The smallest absolute Gasteiger partial charge is 0.0681 e. The molecule has 0 aliphatic rings. The van der Waals surface area contributed by atoms with Crippen molar-refractivity contribution in [3.05, 3.63) is 45.7 Å². The normalized spacial score (nSPS) is 10.8. The molecule has 2 aromatic rings. The van der Waals surface area contributed by atoms with Crippen molar-refractivity contribution in [1.82, 2.24) is 9.78 Å². The highest BCUT2D eigenvalue weighted by Gasteiger charge is 2.08. The Labute approximate surface area is 110 Å². The van der Waals surface area contributed by atoms with Crippen LogP contribution in [0.15, 0.2) is 28.7 Å². The fourth-order valence-corrected chi connectivity index (χ4v) is 2.40. The molecule has 0 aliphatic carbocycles. The third-order valence-electron chi connectivity index (χ3n) is 2.69. The molecule has 0 atom stereocenters. The maximum Gasteiger partial charge on any atom is 0.0681 e. The van der Waals surface area contributed by atoms with Gasteiger partial charge in [-0.3, -0.25) is 0 Å². The Balaban J connectivity index is 2.54. The molecule has 0 unspecified atom stereocenters. The molecule has 0 saturated heterocycles. The topological polar surface area (TPSA) is 43.8 Å². The Kier molecular flexibility index (Phi) is 3.64. The number of nitrogens with two attached hydrogens (primary N) is 1. The highest BCUT2D eigenvalue weighted by Crippen LogP contribution is 2.21. The molecular weight excluding hydrogens is 278 g/mol. The molecule has 0 saturated carbocycles. The van der Waals surface area contributed by atoms with Gasteiger partial charge in [0.15, 0.2) is 0 Å². The minimum Gasteiger partial charge on any atom is -0.330 e. The SMILES string of the molecule is Cc1cc(C)n(-c2ccc(Br)cc2CCN)n1. The average molecular weight is 294 g/mol. The van der Waals surface area contributed by atoms with Crippen LogP contribution < -0.4 is 5.73 Å². The number of rotatable bonds is 3. The van der Waals surface area contributed by atoms with Crippen LogP contribution in [-0.4, -0.2) is 16.3 Å². The first-order valence-electron chi connectivity index (χ1n) is 5.64. The second kappa shape index (κ2) is 5.02. The van der Waals surface area contributed by atoms with Gasteiger partial charge in [-0.15, -0.1) is 0 Å². The van der Waals surface area contributed by atoms with Crippen LogP contribution in [0.5, 0.6) is 0 Å². The van der Waals surface area contributed by atoms with Crippen molar-refractivity contribution in [2.75, 3.05) is 6.54 Å². The van der Waals surface area contributed by atoms with Gasteiger partial charge in [0.05, 0.1) is 11.4 Å². The molecular formula is C13H16BrN3. The largest absolute Gasteiger partial charge is 0.330 e. The summed E-state index contributed by atoms with van der Waals surface area (Å²) in [6, 6.07) is 8.30. The highest BCUT2D eigenvalue weighted by molar-refractivity contribution is 9.10. The monoisotopic (exact) mass is 293 g/mol. The summed E-state index contributed by atoms with van der Waals surface area (Å²) in [7, 11) is 0. The van der Waals surface area contributed by atoms with E-state index in [1.165, 1.54) is 5.56 Å². The number of hydrogen-bond acceptors (Lipinski definition) is 2. The van der Waals surface area contributed by atoms with Crippen molar-refractivity contribution >= 4 is 15.9 Å². The van der Waals surface area contributed by atoms with Gasteiger partial charge in [-0.2, -0.15) is 5.10 Å². The van der Waals surface area contributed by atoms with Gasteiger partial charge in [-0.25, -0.2) is 4.68 Å². The van der Waals surface area contributed by atoms with Gasteiger partial charge in [0.1, 0.15) is 0 Å². The molecule has 1 heterocycles. The molecule has 2 rings (SSSR count). The fraction of sp³-hybridized carbons (Fsp3) is 0.308. The first-order valence-corrected chi connectivity index (χ1v) is 6.43. The average Bonchev–Trinajstić information content (AvgIpc) is 2.59. The number of halogens is 1. The van der Waals surface area contributed by atoms with E-state index in [2.05, 4.69) is 46.2 Å². The van der Waals surface area contributed by atoms with Crippen LogP contribution in [0.2, 0.25) is 0 Å². The second-order valence-corrected chi connectivity index (χ2v) is 5.07. The lowest BCUT2D eigenvalue weighted by atomic mass is 10.1. The first kappa shape index (κ1) is 12.3. The van der Waals surface area contributed by atoms with E-state index < -0.39 is 0 Å². The Morgan fingerprint density at radius 2 is 2.06 bits per heavy atom. The van der Waals surface area contributed by atoms with Gasteiger partial charge in [-0.05, 0) is 56.6 Å². The van der Waals surface area contributed by atoms with Crippen molar-refractivity contribution in [3.63, 3.8) is 0 Å². The van der Waals surface area contributed by atoms with E-state index in [1.807, 2.05) is 17.7 Å². The quantitative estimate of drug-likeness (QED) is 0.946. The third kappa shape index (κ3) is 2.58. The minimum atomic E-state index is 0.642. The van der Waals surface area contributed by atoms with E-state index in [0.29, 0.717) is 6.54 Å². The van der Waals surface area contributed by atoms with Crippen LogP contribution >= 0.6 is 15.9 Å². The van der Waals surface area contributed by atoms with Crippen molar-refractivity contribution in [3.8, 4) is 5.69 Å². The number of aromatic nitrogens is 2. The predicted molar refractivity (Wildman–Crippen MR) is 73.5 cm³/mol. The van der Waals surface area contributed by atoms with E-state index in [4.69, 9.17) is 5.73 Å². The number of hydrogen-bond donors (Lipinski definition) is 1. The van der Waals surface area contributed by atoms with E-state index in [1.54, 1.807) is 0 Å². The van der Waals surface area contributed by atoms with Gasteiger partial charge in [0, 0.05) is 10.2 Å². The summed E-state index contributed by atoms with van der Waals surface area (Å²) in [4.78, 5) is 0. The zero-order chi connectivity index (χ0) is 12.4. The standard InChI is InChI=1S/C13H16BrN3/c1-9-7-10(2)17(16-9)13-4-3-12(14)8-11(13)5-6-15/h3-4,7-8H,5-6,15H2,1-2H3. The summed E-state index contributed by atoms with van der Waals surface area (Å²) in [6.45, 7) is 4.71. The van der Waals surface area contributed by atoms with Crippen molar-refractivity contribution in [1.29, 1.82) is 0 Å². The number of aryl methyl sites for hydroxylation is 2. The third-order valence-corrected chi connectivity index (χ3v) is 3.19. The van der Waals surface area contributed by atoms with E-state index in [9.17, 15) is 0 Å². The molecule has 0 amide bonds. The Morgan fingerprint density at radius 3 is 2.65 bits per heavy atom. The zero-order valence-corrected chi connectivity index (χ0v) is 11.7. The number of benzene rings is 1. The van der Waals surface area contributed by atoms with Gasteiger partial charge < -0.3 is 5.73 Å². The van der Waals surface area contributed by atoms with Crippen LogP contribution in [-0.2, 0) is 6.42 Å². The lowest BCUT2D eigenvalue weighted by Crippen LogP contribution is -2.08. The number of nitrogens with zero attached hydrogens (tertiary/aromatic N) is 2. The molecule has 1 aromatic carbocycles. The van der Waals surface area contributed by atoms with E-state index in [-0.39, 0.29) is 0 Å². The Hall–Kier alpha value is -1.13. The lowest BCUT2D eigenvalue weighted by Gasteiger charge is -2.11. The summed E-state index contributed by atoms with van der Waals surface area (Å²) in [6.07, 6.45) is 0.854. The molecule has 0 fully saturated rings. The van der Waals surface area contributed by atoms with Crippen LogP contribution in [0.25, 0.3) is 5.69 Å². The van der Waals surface area contributed by atoms with Crippen LogP contribution in [0.3, 0.4) is 0 Å². The van der Waals surface area contributed by atoms with E-state index in [0.717, 1.165) is 28.0 Å². The van der Waals surface area contributed by atoms with Crippen LogP contribution in [0.1, 0.15) is 17.0 Å². The van der Waals surface area contributed by atoms with Gasteiger partial charge >= 0.3 is 0 Å². The minimum absolute atomic E-state index is 0.642. The highest BCUT2D eigenvalue weighted by atomic mass is 79.9. The molecule has 0 bridgehead atoms. The van der Waals surface area contributed by atoms with Crippen molar-refractivity contribution in [2.24, 2.45) is 5.73 Å². The Morgan fingerprint density at radius 1 is 1.29 bits per heavy atom. The van der Waals surface area contributed by atoms with Crippen LogP contribution in [0.4, 0.5) is 0 Å². The van der Waals surface area contributed by atoms with Gasteiger partial charge in [-0.1, -0.05) is 15.9 Å². The summed E-state index contributed by atoms with van der Waals surface area (Å²) < 4.78 is 3.05. The second-order valence-electron chi connectivity index (χ2n) is 4.15. The van der Waals surface area contributed by atoms with Crippen molar-refractivity contribution < 1.29 is 0 Å². The maximum atomic E-state index is 5.66.